The third kappa shape index (κ3) is 14.6. The van der Waals surface area contributed by atoms with Gasteiger partial charge in [-0.3, -0.25) is 4.90 Å². The monoisotopic (exact) mass is 673 g/mol. The molecule has 2 saturated heterocycles. The van der Waals surface area contributed by atoms with Crippen molar-refractivity contribution in [3.63, 3.8) is 0 Å². The molecule has 2 aromatic heterocycles. The maximum Gasteiger partial charge on any atom is 0.490 e. The summed E-state index contributed by atoms with van der Waals surface area (Å²) in [7, 11) is 0. The van der Waals surface area contributed by atoms with E-state index in [1.165, 1.54) is 11.4 Å². The lowest BCUT2D eigenvalue weighted by molar-refractivity contribution is -0.193. The second-order valence-corrected chi connectivity index (χ2v) is 9.59. The number of nitrogens with zero attached hydrogens (tertiary/aromatic N) is 4. The molecule has 0 aromatic carbocycles. The number of carboxylic acid groups (broad SMARTS) is 3. The Morgan fingerprint density at radius 1 is 0.886 bits per heavy atom. The van der Waals surface area contributed by atoms with Crippen LogP contribution in [0.25, 0.3) is 0 Å². The largest absolute Gasteiger partial charge is 0.490 e. The first-order valence-corrected chi connectivity index (χ1v) is 12.7. The highest BCUT2D eigenvalue weighted by Gasteiger charge is 2.41. The van der Waals surface area contributed by atoms with Gasteiger partial charge < -0.3 is 25.4 Å². The van der Waals surface area contributed by atoms with Gasteiger partial charge in [-0.25, -0.2) is 29.3 Å². The van der Waals surface area contributed by atoms with E-state index in [9.17, 15) is 39.5 Å². The van der Waals surface area contributed by atoms with E-state index in [2.05, 4.69) is 25.2 Å². The molecule has 4 heterocycles. The van der Waals surface area contributed by atoms with E-state index in [0.717, 1.165) is 32.8 Å². The average Bonchev–Trinajstić information content (AvgIpc) is 3.57. The maximum atomic E-state index is 10.6. The normalized spacial score (nSPS) is 19.9. The summed E-state index contributed by atoms with van der Waals surface area (Å²) in [6.45, 7) is 4.86. The molecule has 0 spiro atoms. The number of rotatable bonds is 5. The fraction of sp³-hybridized carbons (Fsp3) is 0.545. The van der Waals surface area contributed by atoms with Crippen LogP contribution in [-0.4, -0.2) is 104 Å². The molecule has 44 heavy (non-hydrogen) atoms. The fourth-order valence-electron chi connectivity index (χ4n) is 3.56. The highest BCUT2D eigenvalue weighted by molar-refractivity contribution is 7.09. The lowest BCUT2D eigenvalue weighted by atomic mass is 9.84. The van der Waals surface area contributed by atoms with E-state index in [1.54, 1.807) is 23.7 Å². The zero-order chi connectivity index (χ0) is 33.7. The van der Waals surface area contributed by atoms with Crippen LogP contribution in [0.1, 0.15) is 11.4 Å². The second-order valence-electron chi connectivity index (χ2n) is 8.61. The molecule has 4 rings (SSSR count). The third-order valence-corrected chi connectivity index (χ3v) is 6.25. The number of anilines is 1. The molecule has 22 heteroatoms. The Balaban J connectivity index is 0.000000379. The number of aromatic nitrogens is 3. The van der Waals surface area contributed by atoms with Gasteiger partial charge in [0.25, 0.3) is 0 Å². The molecule has 0 amide bonds. The first-order valence-electron chi connectivity index (χ1n) is 11.8. The van der Waals surface area contributed by atoms with Crippen LogP contribution >= 0.6 is 11.3 Å². The minimum absolute atomic E-state index is 0.239. The Labute approximate surface area is 245 Å². The number of likely N-dealkylation sites (tertiary alicyclic amines) is 1. The standard InChI is InChI=1S/C16H21N5OS.3C2HF3O2/c1-3-18-16(19-4-1)20-8-14-13-9-21(6-2-12(13)11-22-14)10-15-17-5-7-23-15;3*3-2(4,5)1(6)7/h1,3-5,7,12-14H,2,6,8-11H2,(H,18,19,20);3*(H,6,7)/t12-,13-,14+;;;/m0.../s1. The molecule has 2 aliphatic rings. The van der Waals surface area contributed by atoms with Gasteiger partial charge in [0.2, 0.25) is 5.95 Å². The Hall–Kier alpha value is -3.79. The third-order valence-electron chi connectivity index (χ3n) is 5.49. The summed E-state index contributed by atoms with van der Waals surface area (Å²) >= 11 is 1.74. The molecule has 0 bridgehead atoms. The van der Waals surface area contributed by atoms with Crippen LogP contribution in [-0.2, 0) is 25.7 Å². The molecule has 0 aliphatic carbocycles. The number of thiazole rings is 1. The summed E-state index contributed by atoms with van der Waals surface area (Å²) in [5.74, 6) is -6.33. The number of fused-ring (bicyclic) bond motifs is 1. The Morgan fingerprint density at radius 3 is 1.82 bits per heavy atom. The minimum atomic E-state index is -5.08. The molecule has 2 fully saturated rings. The van der Waals surface area contributed by atoms with Crippen LogP contribution in [0.15, 0.2) is 30.0 Å². The van der Waals surface area contributed by atoms with Crippen molar-refractivity contribution in [2.75, 3.05) is 31.6 Å². The summed E-state index contributed by atoms with van der Waals surface area (Å²) in [5.41, 5.74) is 0. The van der Waals surface area contributed by atoms with Gasteiger partial charge in [-0.15, -0.1) is 11.3 Å². The number of hydrogen-bond donors (Lipinski definition) is 4. The van der Waals surface area contributed by atoms with Crippen molar-refractivity contribution in [1.29, 1.82) is 0 Å². The van der Waals surface area contributed by atoms with Gasteiger partial charge in [-0.1, -0.05) is 0 Å². The first-order chi connectivity index (χ1) is 20.2. The molecule has 3 atom stereocenters. The number of nitrogens with one attached hydrogen (secondary N) is 1. The number of hydrogen-bond acceptors (Lipinski definition) is 10. The Bertz CT molecular complexity index is 1110. The van der Waals surface area contributed by atoms with Crippen LogP contribution in [0.5, 0.6) is 0 Å². The molecule has 0 unspecified atom stereocenters. The molecule has 248 valence electrons. The van der Waals surface area contributed by atoms with Crippen molar-refractivity contribution in [3.05, 3.63) is 35.0 Å². The molecule has 4 N–H and O–H groups in total. The fourth-order valence-corrected chi connectivity index (χ4v) is 4.22. The van der Waals surface area contributed by atoms with E-state index >= 15 is 0 Å². The number of alkyl halides is 9. The first kappa shape index (κ1) is 38.2. The van der Waals surface area contributed by atoms with Crippen LogP contribution in [0.3, 0.4) is 0 Å². The quantitative estimate of drug-likeness (QED) is 0.339. The van der Waals surface area contributed by atoms with E-state index in [4.69, 9.17) is 34.4 Å². The lowest BCUT2D eigenvalue weighted by Crippen LogP contribution is -2.43. The van der Waals surface area contributed by atoms with Gasteiger partial charge in [0, 0.05) is 43.0 Å². The summed E-state index contributed by atoms with van der Waals surface area (Å²) in [6.07, 6.45) is -8.40. The van der Waals surface area contributed by atoms with Crippen molar-refractivity contribution < 1.29 is 74.0 Å². The molecule has 2 aromatic rings. The van der Waals surface area contributed by atoms with Gasteiger partial charge in [-0.05, 0) is 24.9 Å². The highest BCUT2D eigenvalue weighted by Crippen LogP contribution is 2.34. The van der Waals surface area contributed by atoms with E-state index < -0.39 is 36.4 Å². The van der Waals surface area contributed by atoms with Crippen LogP contribution in [0.2, 0.25) is 0 Å². The summed E-state index contributed by atoms with van der Waals surface area (Å²) < 4.78 is 101. The summed E-state index contributed by atoms with van der Waals surface area (Å²) in [5, 5.41) is 27.9. The maximum absolute atomic E-state index is 10.6. The van der Waals surface area contributed by atoms with Crippen molar-refractivity contribution in [1.82, 2.24) is 19.9 Å². The number of carboxylic acids is 3. The van der Waals surface area contributed by atoms with Crippen molar-refractivity contribution in [3.8, 4) is 0 Å². The van der Waals surface area contributed by atoms with E-state index in [0.29, 0.717) is 17.8 Å². The highest BCUT2D eigenvalue weighted by atomic mass is 32.1. The molecule has 12 nitrogen and oxygen atoms in total. The molecular formula is C22H24F9N5O7S. The van der Waals surface area contributed by atoms with Crippen LogP contribution in [0.4, 0.5) is 45.5 Å². The summed E-state index contributed by atoms with van der Waals surface area (Å²) in [6, 6.07) is 1.82. The van der Waals surface area contributed by atoms with Crippen LogP contribution < -0.4 is 5.32 Å². The zero-order valence-corrected chi connectivity index (χ0v) is 22.8. The van der Waals surface area contributed by atoms with E-state index in [1.807, 2.05) is 17.6 Å². The predicted octanol–water partition coefficient (Wildman–Crippen LogP) is 3.78. The van der Waals surface area contributed by atoms with Gasteiger partial charge in [-0.2, -0.15) is 39.5 Å². The number of ether oxygens (including phenoxy) is 1. The second kappa shape index (κ2) is 16.9. The topological polar surface area (TPSA) is 175 Å². The molecule has 0 saturated carbocycles. The van der Waals surface area contributed by atoms with Gasteiger partial charge in [0.05, 0.1) is 19.3 Å². The van der Waals surface area contributed by atoms with Gasteiger partial charge >= 0.3 is 36.4 Å². The molecule has 0 radical (unpaired) electrons. The predicted molar refractivity (Wildman–Crippen MR) is 130 cm³/mol. The van der Waals surface area contributed by atoms with Crippen molar-refractivity contribution in [2.24, 2.45) is 11.8 Å². The minimum Gasteiger partial charge on any atom is -0.475 e. The van der Waals surface area contributed by atoms with Crippen molar-refractivity contribution in [2.45, 2.75) is 37.6 Å². The summed E-state index contributed by atoms with van der Waals surface area (Å²) in [4.78, 5) is 42.0. The lowest BCUT2D eigenvalue weighted by Gasteiger charge is -2.35. The van der Waals surface area contributed by atoms with E-state index in [-0.39, 0.29) is 6.10 Å². The Morgan fingerprint density at radius 2 is 1.39 bits per heavy atom. The number of carbonyl (C=O) groups is 3. The molecular weight excluding hydrogens is 649 g/mol. The van der Waals surface area contributed by atoms with Crippen LogP contribution in [0, 0.1) is 11.8 Å². The van der Waals surface area contributed by atoms with Crippen molar-refractivity contribution >= 4 is 35.2 Å². The average molecular weight is 674 g/mol. The smallest absolute Gasteiger partial charge is 0.475 e. The number of piperidine rings is 1. The molecule has 2 aliphatic heterocycles. The van der Waals surface area contributed by atoms with Gasteiger partial charge in [0.1, 0.15) is 5.01 Å². The number of halogens is 9. The number of aliphatic carboxylic acids is 3. The zero-order valence-electron chi connectivity index (χ0n) is 21.9. The van der Waals surface area contributed by atoms with Gasteiger partial charge in [0.15, 0.2) is 0 Å². The Kier molecular flexibility index (Phi) is 14.7. The SMILES string of the molecule is O=C(O)C(F)(F)F.O=C(O)C(F)(F)F.O=C(O)C(F)(F)F.c1cnc(NC[C@H]2OC[C@@H]3CCN(Cc4nccs4)C[C@@H]32)nc1.